The molecule has 0 fully saturated rings. The Hall–Kier alpha value is -2.49. The molecule has 0 saturated carbocycles. The highest BCUT2D eigenvalue weighted by Crippen LogP contribution is 2.35. The first-order valence-electron chi connectivity index (χ1n) is 10.00. The van der Waals surface area contributed by atoms with E-state index in [-0.39, 0.29) is 11.0 Å². The Bertz CT molecular complexity index is 957. The van der Waals surface area contributed by atoms with E-state index in [1.807, 2.05) is 0 Å². The zero-order chi connectivity index (χ0) is 20.7. The molecule has 150 valence electrons. The molecule has 0 unspecified atom stereocenters. The number of anilines is 2. The molecule has 0 saturated heterocycles. The maximum atomic E-state index is 4.97. The fourth-order valence-corrected chi connectivity index (χ4v) is 4.08. The normalized spacial score (nSPS) is 12.4. The molecule has 0 atom stereocenters. The first-order chi connectivity index (χ1) is 13.0. The molecule has 0 aliphatic carbocycles. The van der Waals surface area contributed by atoms with Crippen molar-refractivity contribution in [2.45, 2.75) is 53.5 Å². The number of imidazole rings is 1. The highest BCUT2D eigenvalue weighted by molar-refractivity contribution is 5.78. The fraction of sp³-hybridized carbons (Fsp3) is 0.458. The molecule has 1 N–H and O–H groups in total. The summed E-state index contributed by atoms with van der Waals surface area (Å²) >= 11 is 0. The van der Waals surface area contributed by atoms with Gasteiger partial charge in [0.05, 0.1) is 0 Å². The number of aromatic nitrogens is 2. The lowest BCUT2D eigenvalue weighted by molar-refractivity contribution is 0.302. The summed E-state index contributed by atoms with van der Waals surface area (Å²) in [5, 5.41) is 3.82. The summed E-state index contributed by atoms with van der Waals surface area (Å²) in [6.45, 7) is 13.5. The lowest BCUT2D eigenvalue weighted by Gasteiger charge is -2.34. The Labute approximate surface area is 169 Å². The van der Waals surface area contributed by atoms with Crippen LogP contribution in [-0.2, 0) is 0 Å². The summed E-state index contributed by atoms with van der Waals surface area (Å²) in [5.41, 5.74) is 5.67. The number of benzene rings is 1. The maximum Gasteiger partial charge on any atom is 0.139 e. The summed E-state index contributed by atoms with van der Waals surface area (Å²) < 4.78 is 2.19. The SMILES string of the molecule is Cc1ccc2nc(-c3ccc(N(C)C)cc3)c(NC(C)(C)CC(C)(C)C)n2c1. The van der Waals surface area contributed by atoms with Gasteiger partial charge < -0.3 is 10.2 Å². The minimum absolute atomic E-state index is 0.0592. The lowest BCUT2D eigenvalue weighted by atomic mass is 9.82. The number of fused-ring (bicyclic) bond motifs is 1. The lowest BCUT2D eigenvalue weighted by Crippen LogP contribution is -2.36. The van der Waals surface area contributed by atoms with Gasteiger partial charge in [-0.1, -0.05) is 39.0 Å². The van der Waals surface area contributed by atoms with Crippen molar-refractivity contribution >= 4 is 17.2 Å². The number of pyridine rings is 1. The van der Waals surface area contributed by atoms with Crippen molar-refractivity contribution in [1.29, 1.82) is 0 Å². The third kappa shape index (κ3) is 4.49. The van der Waals surface area contributed by atoms with Crippen LogP contribution in [0.25, 0.3) is 16.9 Å². The standard InChI is InChI=1S/C24H34N4/c1-17-9-14-20-25-21(18-10-12-19(13-11-18)27(7)8)22(28(20)15-17)26-24(5,6)16-23(2,3)4/h9-15,26H,16H2,1-8H3. The molecule has 4 nitrogen and oxygen atoms in total. The van der Waals surface area contributed by atoms with Crippen LogP contribution < -0.4 is 10.2 Å². The zero-order valence-electron chi connectivity index (χ0n) is 18.6. The van der Waals surface area contributed by atoms with Gasteiger partial charge in [-0.05, 0) is 56.4 Å². The number of nitrogens with one attached hydrogen (secondary N) is 1. The number of hydrogen-bond donors (Lipinski definition) is 1. The van der Waals surface area contributed by atoms with Crippen molar-refractivity contribution in [3.63, 3.8) is 0 Å². The molecule has 4 heteroatoms. The average Bonchev–Trinajstić information content (AvgIpc) is 2.90. The summed E-state index contributed by atoms with van der Waals surface area (Å²) in [7, 11) is 4.12. The molecule has 3 aromatic rings. The van der Waals surface area contributed by atoms with Crippen LogP contribution in [0.2, 0.25) is 0 Å². The smallest absolute Gasteiger partial charge is 0.139 e. The number of hydrogen-bond acceptors (Lipinski definition) is 3. The van der Waals surface area contributed by atoms with E-state index in [0.29, 0.717) is 0 Å². The Morgan fingerprint density at radius 1 is 0.964 bits per heavy atom. The molecule has 0 aliphatic heterocycles. The molecule has 0 aliphatic rings. The maximum absolute atomic E-state index is 4.97. The molecule has 2 heterocycles. The Morgan fingerprint density at radius 3 is 2.18 bits per heavy atom. The van der Waals surface area contributed by atoms with Crippen molar-refractivity contribution in [3.05, 3.63) is 48.2 Å². The van der Waals surface area contributed by atoms with E-state index in [1.54, 1.807) is 0 Å². The zero-order valence-corrected chi connectivity index (χ0v) is 18.6. The molecular weight excluding hydrogens is 344 g/mol. The van der Waals surface area contributed by atoms with Gasteiger partial charge in [0.1, 0.15) is 17.2 Å². The van der Waals surface area contributed by atoms with Gasteiger partial charge in [-0.3, -0.25) is 4.40 Å². The van der Waals surface area contributed by atoms with E-state index in [1.165, 1.54) is 11.3 Å². The van der Waals surface area contributed by atoms with Crippen LogP contribution in [0.1, 0.15) is 46.6 Å². The molecule has 3 rings (SSSR count). The van der Waals surface area contributed by atoms with Gasteiger partial charge in [-0.2, -0.15) is 0 Å². The van der Waals surface area contributed by atoms with Crippen LogP contribution in [0.5, 0.6) is 0 Å². The summed E-state index contributed by atoms with van der Waals surface area (Å²) in [4.78, 5) is 7.08. The summed E-state index contributed by atoms with van der Waals surface area (Å²) in [6, 6.07) is 12.8. The van der Waals surface area contributed by atoms with E-state index in [2.05, 4.69) is 113 Å². The predicted octanol–water partition coefficient (Wildman–Crippen LogP) is 6.00. The van der Waals surface area contributed by atoms with Gasteiger partial charge in [-0.25, -0.2) is 4.98 Å². The third-order valence-electron chi connectivity index (χ3n) is 4.85. The Kier molecular flexibility index (Phi) is 5.18. The third-order valence-corrected chi connectivity index (χ3v) is 4.85. The van der Waals surface area contributed by atoms with E-state index in [4.69, 9.17) is 4.98 Å². The quantitative estimate of drug-likeness (QED) is 0.591. The molecular formula is C24H34N4. The van der Waals surface area contributed by atoms with Gasteiger partial charge in [0, 0.05) is 37.1 Å². The molecule has 0 spiro atoms. The van der Waals surface area contributed by atoms with Crippen LogP contribution in [-0.4, -0.2) is 29.0 Å². The van der Waals surface area contributed by atoms with Crippen LogP contribution in [0.4, 0.5) is 11.5 Å². The molecule has 0 radical (unpaired) electrons. The van der Waals surface area contributed by atoms with Crippen molar-refractivity contribution in [1.82, 2.24) is 9.38 Å². The molecule has 2 aromatic heterocycles. The molecule has 1 aromatic carbocycles. The van der Waals surface area contributed by atoms with Crippen molar-refractivity contribution < 1.29 is 0 Å². The minimum atomic E-state index is -0.0592. The largest absolute Gasteiger partial charge is 0.378 e. The first kappa shape index (κ1) is 20.2. The van der Waals surface area contributed by atoms with E-state index >= 15 is 0 Å². The summed E-state index contributed by atoms with van der Waals surface area (Å²) in [6.07, 6.45) is 3.22. The van der Waals surface area contributed by atoms with Crippen LogP contribution in [0.15, 0.2) is 42.6 Å². The molecule has 0 amide bonds. The molecule has 28 heavy (non-hydrogen) atoms. The van der Waals surface area contributed by atoms with Crippen LogP contribution >= 0.6 is 0 Å². The Balaban J connectivity index is 2.11. The van der Waals surface area contributed by atoms with Gasteiger partial charge in [-0.15, -0.1) is 0 Å². The summed E-state index contributed by atoms with van der Waals surface area (Å²) in [5.74, 6) is 1.06. The minimum Gasteiger partial charge on any atom is -0.378 e. The van der Waals surface area contributed by atoms with Crippen LogP contribution in [0, 0.1) is 12.3 Å². The number of aryl methyl sites for hydroxylation is 1. The van der Waals surface area contributed by atoms with Gasteiger partial charge in [0.25, 0.3) is 0 Å². The monoisotopic (exact) mass is 378 g/mol. The van der Waals surface area contributed by atoms with Gasteiger partial charge in [0.15, 0.2) is 0 Å². The van der Waals surface area contributed by atoms with E-state index in [9.17, 15) is 0 Å². The number of rotatable bonds is 5. The number of nitrogens with zero attached hydrogens (tertiary/aromatic N) is 3. The van der Waals surface area contributed by atoms with E-state index < -0.39 is 0 Å². The highest BCUT2D eigenvalue weighted by Gasteiger charge is 2.28. The second kappa shape index (κ2) is 7.16. The van der Waals surface area contributed by atoms with Gasteiger partial charge >= 0.3 is 0 Å². The van der Waals surface area contributed by atoms with Crippen molar-refractivity contribution in [3.8, 4) is 11.3 Å². The van der Waals surface area contributed by atoms with Gasteiger partial charge in [0.2, 0.25) is 0 Å². The average molecular weight is 379 g/mol. The van der Waals surface area contributed by atoms with Crippen molar-refractivity contribution in [2.75, 3.05) is 24.3 Å². The second-order valence-electron chi connectivity index (χ2n) is 9.93. The Morgan fingerprint density at radius 2 is 1.61 bits per heavy atom. The molecule has 0 bridgehead atoms. The fourth-order valence-electron chi connectivity index (χ4n) is 4.08. The first-order valence-corrected chi connectivity index (χ1v) is 10.00. The highest BCUT2D eigenvalue weighted by atomic mass is 15.2. The van der Waals surface area contributed by atoms with Crippen molar-refractivity contribution in [2.24, 2.45) is 5.41 Å². The second-order valence-corrected chi connectivity index (χ2v) is 9.93. The predicted molar refractivity (Wildman–Crippen MR) is 121 cm³/mol. The van der Waals surface area contributed by atoms with E-state index in [0.717, 1.165) is 29.1 Å². The van der Waals surface area contributed by atoms with Crippen LogP contribution in [0.3, 0.4) is 0 Å². The topological polar surface area (TPSA) is 32.6 Å².